The van der Waals surface area contributed by atoms with Crippen LogP contribution in [0.15, 0.2) is 67.0 Å². The standard InChI is InChI=1S/C23H19FN4OS/c24-18-8-6-16(7-9-18)20-14-19-21(30-20)22(26-15-25-19)27-10-12-28(13-11-27)23(29)17-4-2-1-3-5-17/h1-9,14-15H,10-13H2. The van der Waals surface area contributed by atoms with Crippen LogP contribution in [0, 0.1) is 5.82 Å². The summed E-state index contributed by atoms with van der Waals surface area (Å²) < 4.78 is 14.3. The van der Waals surface area contributed by atoms with E-state index < -0.39 is 0 Å². The quantitative estimate of drug-likeness (QED) is 0.493. The number of rotatable bonds is 3. The highest BCUT2D eigenvalue weighted by Gasteiger charge is 2.24. The molecule has 0 aliphatic carbocycles. The lowest BCUT2D eigenvalue weighted by atomic mass is 10.2. The molecule has 2 aromatic heterocycles. The monoisotopic (exact) mass is 418 g/mol. The van der Waals surface area contributed by atoms with Gasteiger partial charge in [-0.2, -0.15) is 0 Å². The van der Waals surface area contributed by atoms with Crippen LogP contribution in [0.4, 0.5) is 10.2 Å². The number of benzene rings is 2. The van der Waals surface area contributed by atoms with Gasteiger partial charge in [-0.15, -0.1) is 11.3 Å². The minimum absolute atomic E-state index is 0.0674. The molecule has 1 aliphatic heterocycles. The summed E-state index contributed by atoms with van der Waals surface area (Å²) in [4.78, 5) is 26.8. The van der Waals surface area contributed by atoms with Gasteiger partial charge in [-0.05, 0) is 35.9 Å². The van der Waals surface area contributed by atoms with Gasteiger partial charge in [-0.3, -0.25) is 4.79 Å². The molecule has 0 saturated carbocycles. The minimum atomic E-state index is -0.247. The lowest BCUT2D eigenvalue weighted by Crippen LogP contribution is -2.49. The Kier molecular flexibility index (Phi) is 4.88. The SMILES string of the molecule is O=C(c1ccccc1)N1CCN(c2ncnc3cc(-c4ccc(F)cc4)sc23)CC1. The van der Waals surface area contributed by atoms with Crippen LogP contribution in [0.1, 0.15) is 10.4 Å². The molecular formula is C23H19FN4OS. The van der Waals surface area contributed by atoms with Crippen molar-refractivity contribution in [3.63, 3.8) is 0 Å². The molecular weight excluding hydrogens is 399 g/mol. The van der Waals surface area contributed by atoms with Gasteiger partial charge in [0, 0.05) is 36.6 Å². The summed E-state index contributed by atoms with van der Waals surface area (Å²) in [6.45, 7) is 2.73. The van der Waals surface area contributed by atoms with Gasteiger partial charge in [0.05, 0.1) is 10.2 Å². The third-order valence-electron chi connectivity index (χ3n) is 5.31. The van der Waals surface area contributed by atoms with Crippen molar-refractivity contribution >= 4 is 33.3 Å². The fraction of sp³-hybridized carbons (Fsp3) is 0.174. The minimum Gasteiger partial charge on any atom is -0.352 e. The number of aromatic nitrogens is 2. The summed E-state index contributed by atoms with van der Waals surface area (Å²) >= 11 is 1.61. The Morgan fingerprint density at radius 2 is 1.67 bits per heavy atom. The van der Waals surface area contributed by atoms with Crippen LogP contribution in [0.3, 0.4) is 0 Å². The lowest BCUT2D eigenvalue weighted by molar-refractivity contribution is 0.0746. The van der Waals surface area contributed by atoms with Crippen molar-refractivity contribution < 1.29 is 9.18 Å². The second kappa shape index (κ2) is 7.84. The van der Waals surface area contributed by atoms with Crippen LogP contribution in [-0.2, 0) is 0 Å². The summed E-state index contributed by atoms with van der Waals surface area (Å²) in [5.74, 6) is 0.714. The number of hydrogen-bond acceptors (Lipinski definition) is 5. The maximum absolute atomic E-state index is 13.3. The molecule has 4 aromatic rings. The highest BCUT2D eigenvalue weighted by Crippen LogP contribution is 2.37. The van der Waals surface area contributed by atoms with Gasteiger partial charge in [0.25, 0.3) is 5.91 Å². The van der Waals surface area contributed by atoms with E-state index in [0.29, 0.717) is 26.2 Å². The first-order valence-electron chi connectivity index (χ1n) is 9.79. The third kappa shape index (κ3) is 3.52. The predicted molar refractivity (Wildman–Crippen MR) is 117 cm³/mol. The molecule has 1 fully saturated rings. The predicted octanol–water partition coefficient (Wildman–Crippen LogP) is 4.46. The molecule has 1 amide bonds. The first-order chi connectivity index (χ1) is 14.7. The summed E-state index contributed by atoms with van der Waals surface area (Å²) in [5.41, 5.74) is 2.56. The van der Waals surface area contributed by atoms with Crippen molar-refractivity contribution in [3.05, 3.63) is 78.4 Å². The number of carbonyl (C=O) groups is 1. The molecule has 2 aromatic carbocycles. The van der Waals surface area contributed by atoms with Crippen LogP contribution >= 0.6 is 11.3 Å². The highest BCUT2D eigenvalue weighted by molar-refractivity contribution is 7.22. The smallest absolute Gasteiger partial charge is 0.253 e. The fourth-order valence-electron chi connectivity index (χ4n) is 3.71. The zero-order chi connectivity index (χ0) is 20.5. The molecule has 1 saturated heterocycles. The van der Waals surface area contributed by atoms with E-state index in [9.17, 15) is 9.18 Å². The van der Waals surface area contributed by atoms with E-state index in [0.717, 1.165) is 32.0 Å². The molecule has 0 radical (unpaired) electrons. The Hall–Kier alpha value is -3.32. The van der Waals surface area contributed by atoms with Crippen LogP contribution < -0.4 is 4.90 Å². The van der Waals surface area contributed by atoms with Crippen LogP contribution in [-0.4, -0.2) is 47.0 Å². The molecule has 1 aliphatic rings. The van der Waals surface area contributed by atoms with Crippen molar-refractivity contribution in [2.24, 2.45) is 0 Å². The Balaban J connectivity index is 1.37. The van der Waals surface area contributed by atoms with Gasteiger partial charge in [-0.25, -0.2) is 14.4 Å². The number of carbonyl (C=O) groups excluding carboxylic acids is 1. The van der Waals surface area contributed by atoms with Crippen LogP contribution in [0.25, 0.3) is 20.7 Å². The van der Waals surface area contributed by atoms with E-state index in [4.69, 9.17) is 0 Å². The van der Waals surface area contributed by atoms with E-state index in [2.05, 4.69) is 14.9 Å². The molecule has 7 heteroatoms. The normalized spacial score (nSPS) is 14.3. The Labute approximate surface area is 177 Å². The summed E-state index contributed by atoms with van der Waals surface area (Å²) in [6.07, 6.45) is 1.58. The first-order valence-corrected chi connectivity index (χ1v) is 10.6. The molecule has 3 heterocycles. The van der Waals surface area contributed by atoms with Crippen LogP contribution in [0.2, 0.25) is 0 Å². The fourth-order valence-corrected chi connectivity index (χ4v) is 4.84. The summed E-state index contributed by atoms with van der Waals surface area (Å²) in [7, 11) is 0. The van der Waals surface area contributed by atoms with E-state index in [-0.39, 0.29) is 11.7 Å². The average Bonchev–Trinajstić information content (AvgIpc) is 3.24. The third-order valence-corrected chi connectivity index (χ3v) is 6.48. The average molecular weight is 418 g/mol. The highest BCUT2D eigenvalue weighted by atomic mass is 32.1. The number of amides is 1. The zero-order valence-electron chi connectivity index (χ0n) is 16.2. The second-order valence-corrected chi connectivity index (χ2v) is 8.23. The van der Waals surface area contributed by atoms with Crippen molar-refractivity contribution in [1.82, 2.24) is 14.9 Å². The summed E-state index contributed by atoms with van der Waals surface area (Å²) in [5, 5.41) is 0. The summed E-state index contributed by atoms with van der Waals surface area (Å²) in [6, 6.07) is 17.9. The number of fused-ring (bicyclic) bond motifs is 1. The number of piperazine rings is 1. The van der Waals surface area contributed by atoms with Crippen molar-refractivity contribution in [2.75, 3.05) is 31.1 Å². The van der Waals surface area contributed by atoms with Gasteiger partial charge in [0.15, 0.2) is 0 Å². The number of nitrogens with zero attached hydrogens (tertiary/aromatic N) is 4. The van der Waals surface area contributed by atoms with Crippen LogP contribution in [0.5, 0.6) is 0 Å². The number of halogens is 1. The largest absolute Gasteiger partial charge is 0.352 e. The lowest BCUT2D eigenvalue weighted by Gasteiger charge is -2.35. The molecule has 0 atom stereocenters. The topological polar surface area (TPSA) is 49.3 Å². The maximum Gasteiger partial charge on any atom is 0.253 e. The van der Waals surface area contributed by atoms with Gasteiger partial charge in [0.2, 0.25) is 0 Å². The second-order valence-electron chi connectivity index (χ2n) is 7.17. The first kappa shape index (κ1) is 18.7. The van der Waals surface area contributed by atoms with Gasteiger partial charge in [0.1, 0.15) is 18.0 Å². The van der Waals surface area contributed by atoms with E-state index in [1.54, 1.807) is 29.8 Å². The van der Waals surface area contributed by atoms with Gasteiger partial charge >= 0.3 is 0 Å². The molecule has 0 bridgehead atoms. The van der Waals surface area contributed by atoms with E-state index in [1.165, 1.54) is 12.1 Å². The van der Waals surface area contributed by atoms with E-state index >= 15 is 0 Å². The number of anilines is 1. The molecule has 0 N–H and O–H groups in total. The van der Waals surface area contributed by atoms with Crippen molar-refractivity contribution in [2.45, 2.75) is 0 Å². The van der Waals surface area contributed by atoms with Gasteiger partial charge < -0.3 is 9.80 Å². The molecule has 30 heavy (non-hydrogen) atoms. The Morgan fingerprint density at radius 1 is 0.933 bits per heavy atom. The number of thiophene rings is 1. The number of hydrogen-bond donors (Lipinski definition) is 0. The van der Waals surface area contributed by atoms with Crippen molar-refractivity contribution in [1.29, 1.82) is 0 Å². The molecule has 5 rings (SSSR count). The Bertz CT molecular complexity index is 1190. The Morgan fingerprint density at radius 3 is 2.40 bits per heavy atom. The molecule has 5 nitrogen and oxygen atoms in total. The molecule has 150 valence electrons. The van der Waals surface area contributed by atoms with Crippen molar-refractivity contribution in [3.8, 4) is 10.4 Å². The molecule has 0 spiro atoms. The zero-order valence-corrected chi connectivity index (χ0v) is 17.0. The van der Waals surface area contributed by atoms with Gasteiger partial charge in [-0.1, -0.05) is 30.3 Å². The molecule has 0 unspecified atom stereocenters. The maximum atomic E-state index is 13.3. The van der Waals surface area contributed by atoms with E-state index in [1.807, 2.05) is 41.3 Å².